The molecule has 0 radical (unpaired) electrons. The van der Waals surface area contributed by atoms with Crippen molar-refractivity contribution in [1.82, 2.24) is 4.98 Å². The van der Waals surface area contributed by atoms with Crippen LogP contribution < -0.4 is 19.7 Å². The fourth-order valence-electron chi connectivity index (χ4n) is 3.29. The van der Waals surface area contributed by atoms with Crippen molar-refractivity contribution in [1.29, 1.82) is 0 Å². The molecule has 2 heterocycles. The maximum Gasteiger partial charge on any atom is 0.461 e. The lowest BCUT2D eigenvalue weighted by Crippen LogP contribution is -2.36. The minimum Gasteiger partial charge on any atom is -0.494 e. The molecule has 1 saturated heterocycles. The van der Waals surface area contributed by atoms with E-state index in [0.29, 0.717) is 29.6 Å². The largest absolute Gasteiger partial charge is 0.494 e. The number of ether oxygens (including phenoxy) is 3. The number of nitrogens with one attached hydrogen (secondary N) is 1. The van der Waals surface area contributed by atoms with Crippen LogP contribution in [0.1, 0.15) is 10.4 Å². The molecule has 0 atom stereocenters. The second-order valence-corrected chi connectivity index (χ2v) is 8.03. The molecule has 0 bridgehead atoms. The number of nitrogens with zero attached hydrogens (tertiary/aromatic N) is 2. The number of hydrogen-bond acceptors (Lipinski definition) is 7. The minimum absolute atomic E-state index is 0.113. The average molecular weight is 485 g/mol. The molecule has 1 aromatic heterocycles. The number of anilines is 2. The van der Waals surface area contributed by atoms with Crippen LogP contribution in [-0.4, -0.2) is 56.8 Å². The van der Waals surface area contributed by atoms with Gasteiger partial charge in [-0.05, 0) is 36.4 Å². The third kappa shape index (κ3) is 4.96. The first-order valence-electron chi connectivity index (χ1n) is 9.85. The summed E-state index contributed by atoms with van der Waals surface area (Å²) in [6.45, 7) is 2.66. The van der Waals surface area contributed by atoms with Gasteiger partial charge in [-0.2, -0.15) is 17.6 Å². The van der Waals surface area contributed by atoms with E-state index in [1.165, 1.54) is 30.6 Å². The number of benzene rings is 2. The van der Waals surface area contributed by atoms with E-state index in [1.807, 2.05) is 12.1 Å². The number of carbonyl (C=O) groups excluding carboxylic acids is 1. The fourth-order valence-corrected chi connectivity index (χ4v) is 4.31. The zero-order valence-electron chi connectivity index (χ0n) is 17.3. The van der Waals surface area contributed by atoms with Crippen LogP contribution in [0.4, 0.5) is 28.4 Å². The van der Waals surface area contributed by atoms with Gasteiger partial charge in [-0.25, -0.2) is 4.98 Å². The Kier molecular flexibility index (Phi) is 6.56. The number of alkyl halides is 4. The molecule has 176 valence electrons. The second-order valence-electron chi connectivity index (χ2n) is 7.03. The third-order valence-electron chi connectivity index (χ3n) is 4.90. The third-order valence-corrected chi connectivity index (χ3v) is 5.90. The molecule has 0 spiro atoms. The van der Waals surface area contributed by atoms with Gasteiger partial charge < -0.3 is 19.1 Å². The number of halogens is 4. The predicted molar refractivity (Wildman–Crippen MR) is 115 cm³/mol. The Balaban J connectivity index is 1.54. The maximum atomic E-state index is 13.0. The van der Waals surface area contributed by atoms with Crippen molar-refractivity contribution in [3.63, 3.8) is 0 Å². The Morgan fingerprint density at radius 3 is 2.52 bits per heavy atom. The molecule has 7 nitrogen and oxygen atoms in total. The van der Waals surface area contributed by atoms with E-state index in [4.69, 9.17) is 9.47 Å². The highest BCUT2D eigenvalue weighted by Gasteiger charge is 2.43. The van der Waals surface area contributed by atoms with Crippen LogP contribution in [0.2, 0.25) is 0 Å². The molecule has 3 aromatic rings. The van der Waals surface area contributed by atoms with Crippen molar-refractivity contribution >= 4 is 38.3 Å². The van der Waals surface area contributed by atoms with Crippen LogP contribution >= 0.6 is 11.3 Å². The summed E-state index contributed by atoms with van der Waals surface area (Å²) in [7, 11) is 1.53. The van der Waals surface area contributed by atoms with E-state index in [1.54, 1.807) is 0 Å². The quantitative estimate of drug-likeness (QED) is 0.492. The molecule has 1 aliphatic rings. The molecule has 12 heteroatoms. The molecule has 1 aliphatic heterocycles. The summed E-state index contributed by atoms with van der Waals surface area (Å²) < 4.78 is 66.3. The van der Waals surface area contributed by atoms with Gasteiger partial charge in [-0.1, -0.05) is 11.3 Å². The van der Waals surface area contributed by atoms with Gasteiger partial charge in [0.2, 0.25) is 0 Å². The van der Waals surface area contributed by atoms with E-state index in [2.05, 4.69) is 19.9 Å². The molecule has 1 fully saturated rings. The number of aromatic nitrogens is 1. The fraction of sp³-hybridized carbons (Fsp3) is 0.333. The van der Waals surface area contributed by atoms with Gasteiger partial charge in [0, 0.05) is 18.7 Å². The monoisotopic (exact) mass is 485 g/mol. The number of carbonyl (C=O) groups is 1. The molecule has 0 saturated carbocycles. The van der Waals surface area contributed by atoms with Crippen LogP contribution in [0.3, 0.4) is 0 Å². The molecule has 4 rings (SSSR count). The molecular weight excluding hydrogens is 466 g/mol. The van der Waals surface area contributed by atoms with Gasteiger partial charge in [-0.15, -0.1) is 0 Å². The molecule has 33 heavy (non-hydrogen) atoms. The van der Waals surface area contributed by atoms with E-state index < -0.39 is 24.2 Å². The number of methoxy groups -OCH3 is 1. The van der Waals surface area contributed by atoms with Crippen molar-refractivity contribution in [2.45, 2.75) is 12.5 Å². The van der Waals surface area contributed by atoms with Crippen LogP contribution in [0, 0.1) is 0 Å². The van der Waals surface area contributed by atoms with E-state index >= 15 is 0 Å². The smallest absolute Gasteiger partial charge is 0.461 e. The second kappa shape index (κ2) is 9.40. The summed E-state index contributed by atoms with van der Waals surface area (Å²) in [5.41, 5.74) is 1.66. The lowest BCUT2D eigenvalue weighted by atomic mass is 10.2. The van der Waals surface area contributed by atoms with E-state index in [-0.39, 0.29) is 5.56 Å². The Labute approximate surface area is 189 Å². The van der Waals surface area contributed by atoms with Crippen LogP contribution in [0.25, 0.3) is 10.2 Å². The highest BCUT2D eigenvalue weighted by molar-refractivity contribution is 7.23. The first-order valence-corrected chi connectivity index (χ1v) is 10.7. The Morgan fingerprint density at radius 2 is 1.88 bits per heavy atom. The Morgan fingerprint density at radius 1 is 1.18 bits per heavy atom. The van der Waals surface area contributed by atoms with Crippen LogP contribution in [-0.2, 0) is 4.74 Å². The first-order chi connectivity index (χ1) is 15.8. The van der Waals surface area contributed by atoms with Crippen molar-refractivity contribution < 1.29 is 36.6 Å². The minimum atomic E-state index is -4.62. The molecule has 1 amide bonds. The van der Waals surface area contributed by atoms with E-state index in [9.17, 15) is 22.4 Å². The molecule has 2 aromatic carbocycles. The Bertz CT molecular complexity index is 1130. The summed E-state index contributed by atoms with van der Waals surface area (Å²) in [6.07, 6.45) is -8.60. The molecule has 1 N–H and O–H groups in total. The van der Waals surface area contributed by atoms with Crippen molar-refractivity contribution in [3.05, 3.63) is 42.0 Å². The number of fused-ring (bicyclic) bond motifs is 1. The highest BCUT2D eigenvalue weighted by Crippen LogP contribution is 2.39. The summed E-state index contributed by atoms with van der Waals surface area (Å²) >= 11 is 1.27. The van der Waals surface area contributed by atoms with Crippen LogP contribution in [0.5, 0.6) is 11.5 Å². The number of morpholine rings is 1. The average Bonchev–Trinajstić information content (AvgIpc) is 3.22. The molecular formula is C21H19F4N3O4S. The normalized spacial score (nSPS) is 14.5. The van der Waals surface area contributed by atoms with Crippen molar-refractivity contribution in [2.24, 2.45) is 0 Å². The summed E-state index contributed by atoms with van der Waals surface area (Å²) in [5.74, 6) is -0.481. The van der Waals surface area contributed by atoms with E-state index in [0.717, 1.165) is 35.6 Å². The zero-order valence-corrected chi connectivity index (χ0v) is 18.1. The summed E-state index contributed by atoms with van der Waals surface area (Å²) in [4.78, 5) is 19.3. The van der Waals surface area contributed by atoms with Crippen LogP contribution in [0.15, 0.2) is 36.4 Å². The lowest BCUT2D eigenvalue weighted by molar-refractivity contribution is -0.253. The van der Waals surface area contributed by atoms with Crippen molar-refractivity contribution in [3.8, 4) is 11.5 Å². The Hall–Kier alpha value is -3.12. The van der Waals surface area contributed by atoms with Gasteiger partial charge in [0.15, 0.2) is 5.13 Å². The number of thiazole rings is 1. The maximum absolute atomic E-state index is 13.0. The van der Waals surface area contributed by atoms with Gasteiger partial charge >= 0.3 is 12.5 Å². The number of rotatable bonds is 7. The standard InChI is InChI=1S/C21H19F4N3O4S/c1-30-15-7-6-14(28-8-10-31-11-9-28)17-16(15)26-20(33-17)27-18(29)12-2-4-13(5-3-12)32-21(24,25)19(22)23/h2-7,19H,8-11H2,1H3,(H,26,27,29). The zero-order chi connectivity index (χ0) is 23.6. The van der Waals surface area contributed by atoms with Crippen molar-refractivity contribution in [2.75, 3.05) is 43.6 Å². The van der Waals surface area contributed by atoms with Gasteiger partial charge in [-0.3, -0.25) is 10.1 Å². The number of hydrogen-bond donors (Lipinski definition) is 1. The molecule has 0 aliphatic carbocycles. The van der Waals surface area contributed by atoms with Gasteiger partial charge in [0.25, 0.3) is 5.91 Å². The first kappa shape index (κ1) is 23.1. The predicted octanol–water partition coefficient (Wildman–Crippen LogP) is 4.63. The molecule has 0 unspecified atom stereocenters. The van der Waals surface area contributed by atoms with Gasteiger partial charge in [0.05, 0.1) is 30.7 Å². The topological polar surface area (TPSA) is 72.9 Å². The number of amides is 1. The highest BCUT2D eigenvalue weighted by atomic mass is 32.1. The summed E-state index contributed by atoms with van der Waals surface area (Å²) in [5, 5.41) is 2.99. The SMILES string of the molecule is COc1ccc(N2CCOCC2)c2sc(NC(=O)c3ccc(OC(F)(F)C(F)F)cc3)nc12. The summed E-state index contributed by atoms with van der Waals surface area (Å²) in [6, 6.07) is 8.17. The van der Waals surface area contributed by atoms with Gasteiger partial charge in [0.1, 0.15) is 17.0 Å². The lowest BCUT2D eigenvalue weighted by Gasteiger charge is -2.29.